The Morgan fingerprint density at radius 2 is 1.83 bits per heavy atom. The topological polar surface area (TPSA) is 87.1 Å². The lowest BCUT2D eigenvalue weighted by Gasteiger charge is -2.26. The molecular formula is C18H23N3O3. The molecule has 0 unspecified atom stereocenters. The van der Waals surface area contributed by atoms with Gasteiger partial charge in [0, 0.05) is 6.07 Å². The number of hydrogen-bond donors (Lipinski definition) is 3. The van der Waals surface area contributed by atoms with Crippen LogP contribution in [0.25, 0.3) is 5.69 Å². The van der Waals surface area contributed by atoms with E-state index in [2.05, 4.69) is 10.4 Å². The van der Waals surface area contributed by atoms with E-state index in [0.717, 1.165) is 32.1 Å². The zero-order chi connectivity index (χ0) is 16.9. The van der Waals surface area contributed by atoms with Crippen molar-refractivity contribution in [1.82, 2.24) is 15.1 Å². The Morgan fingerprint density at radius 1 is 1.12 bits per heavy atom. The van der Waals surface area contributed by atoms with Crippen molar-refractivity contribution >= 4 is 5.91 Å². The van der Waals surface area contributed by atoms with Gasteiger partial charge in [-0.05, 0) is 25.0 Å². The van der Waals surface area contributed by atoms with Crippen LogP contribution >= 0.6 is 0 Å². The summed E-state index contributed by atoms with van der Waals surface area (Å²) in [5.74, 6) is -0.355. The molecule has 1 saturated carbocycles. The normalized spacial score (nSPS) is 21.7. The van der Waals surface area contributed by atoms with Crippen LogP contribution in [-0.2, 0) is 0 Å². The zero-order valence-electron chi connectivity index (χ0n) is 13.6. The highest BCUT2D eigenvalue weighted by Crippen LogP contribution is 2.18. The summed E-state index contributed by atoms with van der Waals surface area (Å²) >= 11 is 0. The molecule has 0 bridgehead atoms. The van der Waals surface area contributed by atoms with E-state index in [4.69, 9.17) is 0 Å². The van der Waals surface area contributed by atoms with Gasteiger partial charge in [0.1, 0.15) is 5.69 Å². The molecule has 0 saturated heterocycles. The third-order valence-corrected chi connectivity index (χ3v) is 4.53. The van der Waals surface area contributed by atoms with Crippen LogP contribution in [0.4, 0.5) is 0 Å². The number of nitrogens with one attached hydrogen (secondary N) is 2. The van der Waals surface area contributed by atoms with Gasteiger partial charge in [-0.1, -0.05) is 43.9 Å². The fourth-order valence-corrected chi connectivity index (χ4v) is 3.16. The quantitative estimate of drug-likeness (QED) is 0.804. The fourth-order valence-electron chi connectivity index (χ4n) is 3.16. The van der Waals surface area contributed by atoms with Crippen molar-refractivity contribution < 1.29 is 9.90 Å². The maximum absolute atomic E-state index is 12.4. The van der Waals surface area contributed by atoms with Gasteiger partial charge in [0.2, 0.25) is 0 Å². The lowest BCUT2D eigenvalue weighted by atomic mass is 9.94. The molecule has 2 aromatic rings. The van der Waals surface area contributed by atoms with E-state index in [0.29, 0.717) is 12.1 Å². The van der Waals surface area contributed by atoms with E-state index >= 15 is 0 Å². The highest BCUT2D eigenvalue weighted by molar-refractivity contribution is 5.92. The van der Waals surface area contributed by atoms with E-state index < -0.39 is 6.10 Å². The molecule has 1 aliphatic carbocycles. The smallest absolute Gasteiger partial charge is 0.271 e. The first-order valence-corrected chi connectivity index (χ1v) is 8.51. The number of carbonyl (C=O) groups is 1. The Hall–Kier alpha value is -2.34. The molecule has 6 heteroatoms. The average molecular weight is 329 g/mol. The summed E-state index contributed by atoms with van der Waals surface area (Å²) < 4.78 is 1.34. The SMILES string of the molecule is O=C(N[C@H]1CCCCCC[C@@H]1O)c1cc(=O)n(-c2ccccc2)[nH]1. The average Bonchev–Trinajstić information content (AvgIpc) is 2.97. The predicted octanol–water partition coefficient (Wildman–Crippen LogP) is 1.98. The second kappa shape index (κ2) is 7.49. The molecule has 2 atom stereocenters. The summed E-state index contributed by atoms with van der Waals surface area (Å²) in [5, 5.41) is 15.9. The Labute approximate surface area is 140 Å². The van der Waals surface area contributed by atoms with Crippen molar-refractivity contribution in [3.63, 3.8) is 0 Å². The number of carbonyl (C=O) groups excluding carboxylic acids is 1. The Bertz CT molecular complexity index is 735. The van der Waals surface area contributed by atoms with Crippen LogP contribution in [0.15, 0.2) is 41.2 Å². The maximum atomic E-state index is 12.4. The number of aromatic nitrogens is 2. The molecule has 1 aliphatic rings. The van der Waals surface area contributed by atoms with Crippen molar-refractivity contribution in [3.8, 4) is 5.69 Å². The second-order valence-electron chi connectivity index (χ2n) is 6.32. The number of para-hydroxylation sites is 1. The third kappa shape index (κ3) is 3.76. The summed E-state index contributed by atoms with van der Waals surface area (Å²) in [5.41, 5.74) is 0.593. The van der Waals surface area contributed by atoms with Crippen LogP contribution in [0.2, 0.25) is 0 Å². The van der Waals surface area contributed by atoms with Crippen LogP contribution in [0.5, 0.6) is 0 Å². The van der Waals surface area contributed by atoms with Gasteiger partial charge in [0.05, 0.1) is 17.8 Å². The molecule has 1 aromatic carbocycles. The van der Waals surface area contributed by atoms with Crippen molar-refractivity contribution in [2.24, 2.45) is 0 Å². The number of rotatable bonds is 3. The predicted molar refractivity (Wildman–Crippen MR) is 91.4 cm³/mol. The van der Waals surface area contributed by atoms with Crippen molar-refractivity contribution in [3.05, 3.63) is 52.4 Å². The molecule has 1 heterocycles. The molecule has 3 rings (SSSR count). The highest BCUT2D eigenvalue weighted by Gasteiger charge is 2.23. The molecule has 0 radical (unpaired) electrons. The molecule has 6 nitrogen and oxygen atoms in total. The van der Waals surface area contributed by atoms with E-state index in [9.17, 15) is 14.7 Å². The first kappa shape index (κ1) is 16.5. The van der Waals surface area contributed by atoms with Gasteiger partial charge in [0.25, 0.3) is 11.5 Å². The van der Waals surface area contributed by atoms with E-state index in [1.807, 2.05) is 18.2 Å². The van der Waals surface area contributed by atoms with E-state index in [1.165, 1.54) is 10.7 Å². The molecule has 0 spiro atoms. The standard InChI is InChI=1S/C18H23N3O3/c22-16-11-7-2-1-6-10-14(16)19-18(24)15-12-17(23)21(20-15)13-8-4-3-5-9-13/h3-5,8-9,12,14,16,20,22H,1-2,6-7,10-11H2,(H,19,24)/t14-,16-/m0/s1. The van der Waals surface area contributed by atoms with Gasteiger partial charge in [-0.2, -0.15) is 0 Å². The number of aliphatic hydroxyl groups excluding tert-OH is 1. The first-order chi connectivity index (χ1) is 11.6. The van der Waals surface area contributed by atoms with E-state index in [1.54, 1.807) is 12.1 Å². The lowest BCUT2D eigenvalue weighted by Crippen LogP contribution is -2.44. The fraction of sp³-hybridized carbons (Fsp3) is 0.444. The highest BCUT2D eigenvalue weighted by atomic mass is 16.3. The molecule has 1 aromatic heterocycles. The molecule has 0 aliphatic heterocycles. The number of H-pyrrole nitrogens is 1. The van der Waals surface area contributed by atoms with Gasteiger partial charge < -0.3 is 10.4 Å². The van der Waals surface area contributed by atoms with Crippen LogP contribution in [0.3, 0.4) is 0 Å². The van der Waals surface area contributed by atoms with Gasteiger partial charge in [-0.25, -0.2) is 4.68 Å². The molecule has 3 N–H and O–H groups in total. The number of nitrogens with zero attached hydrogens (tertiary/aromatic N) is 1. The third-order valence-electron chi connectivity index (χ3n) is 4.53. The molecule has 128 valence electrons. The monoisotopic (exact) mass is 329 g/mol. The number of benzene rings is 1. The number of hydrogen-bond acceptors (Lipinski definition) is 3. The molecule has 1 fully saturated rings. The van der Waals surface area contributed by atoms with Crippen molar-refractivity contribution in [1.29, 1.82) is 0 Å². The Kier molecular flexibility index (Phi) is 5.15. The Morgan fingerprint density at radius 3 is 2.58 bits per heavy atom. The minimum atomic E-state index is -0.530. The lowest BCUT2D eigenvalue weighted by molar-refractivity contribution is 0.0767. The minimum Gasteiger partial charge on any atom is -0.391 e. The largest absolute Gasteiger partial charge is 0.391 e. The van der Waals surface area contributed by atoms with Gasteiger partial charge in [-0.3, -0.25) is 14.7 Å². The summed E-state index contributed by atoms with van der Waals surface area (Å²) in [6, 6.07) is 10.1. The second-order valence-corrected chi connectivity index (χ2v) is 6.32. The number of aromatic amines is 1. The molecule has 24 heavy (non-hydrogen) atoms. The molecule has 1 amide bonds. The summed E-state index contributed by atoms with van der Waals surface area (Å²) in [7, 11) is 0. The maximum Gasteiger partial charge on any atom is 0.271 e. The number of amides is 1. The Balaban J connectivity index is 1.74. The van der Waals surface area contributed by atoms with Gasteiger partial charge in [0.15, 0.2) is 0 Å². The van der Waals surface area contributed by atoms with Crippen molar-refractivity contribution in [2.45, 2.75) is 50.7 Å². The first-order valence-electron chi connectivity index (χ1n) is 8.51. The van der Waals surface area contributed by atoms with Crippen molar-refractivity contribution in [2.75, 3.05) is 0 Å². The summed E-state index contributed by atoms with van der Waals surface area (Å²) in [6.45, 7) is 0. The van der Waals surface area contributed by atoms with Crippen LogP contribution in [-0.4, -0.2) is 32.9 Å². The van der Waals surface area contributed by atoms with Crippen LogP contribution in [0.1, 0.15) is 49.0 Å². The minimum absolute atomic E-state index is 0.207. The van der Waals surface area contributed by atoms with Gasteiger partial charge in [-0.15, -0.1) is 0 Å². The molecular weight excluding hydrogens is 306 g/mol. The zero-order valence-corrected chi connectivity index (χ0v) is 13.6. The van der Waals surface area contributed by atoms with Gasteiger partial charge >= 0.3 is 0 Å². The number of aliphatic hydroxyl groups is 1. The van der Waals surface area contributed by atoms with Crippen LogP contribution < -0.4 is 10.9 Å². The summed E-state index contributed by atoms with van der Waals surface area (Å²) in [6.07, 6.45) is 5.16. The van der Waals surface area contributed by atoms with E-state index in [-0.39, 0.29) is 23.2 Å². The summed E-state index contributed by atoms with van der Waals surface area (Å²) in [4.78, 5) is 24.6. The van der Waals surface area contributed by atoms with Crippen LogP contribution in [0, 0.1) is 0 Å².